The highest BCUT2D eigenvalue weighted by Crippen LogP contribution is 2.32. The number of nitrogens with one attached hydrogen (secondary N) is 1. The van der Waals surface area contributed by atoms with Crippen molar-refractivity contribution in [1.82, 2.24) is 29.7 Å². The average molecular weight is 463 g/mol. The number of alkyl halides is 3. The summed E-state index contributed by atoms with van der Waals surface area (Å²) in [5, 5.41) is 11.4. The number of rotatable bonds is 5. The molecule has 0 fully saturated rings. The lowest BCUT2D eigenvalue weighted by molar-refractivity contribution is -0.142. The minimum Gasteiger partial charge on any atom is -0.342 e. The molecule has 0 spiro atoms. The first-order valence-electron chi connectivity index (χ1n) is 9.74. The number of nitrogens with zero attached hydrogens (tertiary/aromatic N) is 5. The van der Waals surface area contributed by atoms with Crippen LogP contribution in [0.5, 0.6) is 0 Å². The van der Waals surface area contributed by atoms with Gasteiger partial charge in [-0.1, -0.05) is 23.7 Å². The van der Waals surface area contributed by atoms with E-state index in [1.165, 1.54) is 6.07 Å². The summed E-state index contributed by atoms with van der Waals surface area (Å²) in [4.78, 5) is 16.9. The minimum atomic E-state index is -4.71. The van der Waals surface area contributed by atoms with Crippen molar-refractivity contribution in [3.63, 3.8) is 0 Å². The van der Waals surface area contributed by atoms with E-state index in [1.807, 2.05) is 6.92 Å². The van der Waals surface area contributed by atoms with Crippen molar-refractivity contribution in [2.24, 2.45) is 0 Å². The van der Waals surface area contributed by atoms with E-state index >= 15 is 0 Å². The molecule has 0 aliphatic rings. The van der Waals surface area contributed by atoms with Gasteiger partial charge in [-0.25, -0.2) is 9.50 Å². The van der Waals surface area contributed by atoms with E-state index in [4.69, 9.17) is 11.6 Å². The standard InChI is InChI=1S/C21H18ClF3N6O/c1-3-30-9-8-15(28-30)12(2)26-20(32)17-11-19-27-16(13-4-6-14(22)7-5-13)10-18(21(23,24)25)31(19)29-17/h4-12H,3H2,1-2H3,(H,26,32). The highest BCUT2D eigenvalue weighted by molar-refractivity contribution is 6.30. The summed E-state index contributed by atoms with van der Waals surface area (Å²) in [5.41, 5.74) is -0.151. The number of hydrogen-bond donors (Lipinski definition) is 1. The van der Waals surface area contributed by atoms with Crippen molar-refractivity contribution in [3.8, 4) is 11.3 Å². The molecule has 0 saturated carbocycles. The number of fused-ring (bicyclic) bond motifs is 1. The van der Waals surface area contributed by atoms with Gasteiger partial charge in [0.25, 0.3) is 5.91 Å². The Labute approximate surface area is 185 Å². The molecule has 3 aromatic heterocycles. The van der Waals surface area contributed by atoms with Gasteiger partial charge in [0.05, 0.1) is 17.4 Å². The zero-order valence-electron chi connectivity index (χ0n) is 17.1. The molecular weight excluding hydrogens is 445 g/mol. The summed E-state index contributed by atoms with van der Waals surface area (Å²) >= 11 is 5.87. The third-order valence-corrected chi connectivity index (χ3v) is 5.12. The molecule has 7 nitrogen and oxygen atoms in total. The van der Waals surface area contributed by atoms with Crippen LogP contribution < -0.4 is 5.32 Å². The second kappa shape index (κ2) is 8.27. The van der Waals surface area contributed by atoms with Gasteiger partial charge < -0.3 is 5.32 Å². The number of carbonyl (C=O) groups is 1. The van der Waals surface area contributed by atoms with Crippen molar-refractivity contribution in [2.75, 3.05) is 0 Å². The Bertz CT molecular complexity index is 1280. The maximum Gasteiger partial charge on any atom is 0.433 e. The third-order valence-electron chi connectivity index (χ3n) is 4.87. The van der Waals surface area contributed by atoms with Crippen molar-refractivity contribution >= 4 is 23.2 Å². The van der Waals surface area contributed by atoms with Crippen LogP contribution in [0.3, 0.4) is 0 Å². The molecular formula is C21H18ClF3N6O. The zero-order valence-corrected chi connectivity index (χ0v) is 17.8. The predicted molar refractivity (Wildman–Crippen MR) is 112 cm³/mol. The Morgan fingerprint density at radius 3 is 2.50 bits per heavy atom. The fraction of sp³-hybridized carbons (Fsp3) is 0.238. The molecule has 0 aliphatic carbocycles. The molecule has 4 rings (SSSR count). The van der Waals surface area contributed by atoms with Crippen LogP contribution in [0.15, 0.2) is 48.7 Å². The van der Waals surface area contributed by atoms with Crippen LogP contribution in [0, 0.1) is 0 Å². The molecule has 4 aromatic rings. The van der Waals surface area contributed by atoms with Gasteiger partial charge in [0.1, 0.15) is 0 Å². The summed E-state index contributed by atoms with van der Waals surface area (Å²) in [5.74, 6) is -0.629. The highest BCUT2D eigenvalue weighted by Gasteiger charge is 2.35. The summed E-state index contributed by atoms with van der Waals surface area (Å²) in [6.45, 7) is 4.34. The van der Waals surface area contributed by atoms with Gasteiger partial charge in [0.15, 0.2) is 17.0 Å². The Balaban J connectivity index is 1.70. The van der Waals surface area contributed by atoms with Gasteiger partial charge in [-0.15, -0.1) is 0 Å². The lowest BCUT2D eigenvalue weighted by atomic mass is 10.1. The topological polar surface area (TPSA) is 77.1 Å². The molecule has 1 amide bonds. The molecule has 0 bridgehead atoms. The minimum absolute atomic E-state index is 0.0897. The molecule has 1 aromatic carbocycles. The average Bonchev–Trinajstić information content (AvgIpc) is 3.40. The Morgan fingerprint density at radius 1 is 1.16 bits per heavy atom. The van der Waals surface area contributed by atoms with Gasteiger partial charge >= 0.3 is 6.18 Å². The number of hydrogen-bond acceptors (Lipinski definition) is 4. The molecule has 0 saturated heterocycles. The van der Waals surface area contributed by atoms with E-state index in [2.05, 4.69) is 20.5 Å². The maximum atomic E-state index is 13.7. The van der Waals surface area contributed by atoms with Crippen LogP contribution in [-0.2, 0) is 12.7 Å². The van der Waals surface area contributed by atoms with E-state index in [9.17, 15) is 18.0 Å². The SMILES string of the molecule is CCn1ccc(C(C)NC(=O)c2cc3nc(-c4ccc(Cl)cc4)cc(C(F)(F)F)n3n2)n1. The Kier molecular flexibility index (Phi) is 5.64. The van der Waals surface area contributed by atoms with Crippen LogP contribution in [0.1, 0.15) is 41.8 Å². The lowest BCUT2D eigenvalue weighted by Crippen LogP contribution is -2.27. The van der Waals surface area contributed by atoms with Crippen LogP contribution in [0.25, 0.3) is 16.9 Å². The molecule has 0 aliphatic heterocycles. The number of amides is 1. The van der Waals surface area contributed by atoms with Gasteiger partial charge in [-0.05, 0) is 38.1 Å². The molecule has 3 heterocycles. The maximum absolute atomic E-state index is 13.7. The molecule has 32 heavy (non-hydrogen) atoms. The summed E-state index contributed by atoms with van der Waals surface area (Å²) in [6, 6.07) is 9.69. The monoisotopic (exact) mass is 462 g/mol. The first kappa shape index (κ1) is 21.8. The second-order valence-corrected chi connectivity index (χ2v) is 7.56. The van der Waals surface area contributed by atoms with E-state index in [-0.39, 0.29) is 17.0 Å². The number of halogens is 4. The highest BCUT2D eigenvalue weighted by atomic mass is 35.5. The van der Waals surface area contributed by atoms with E-state index in [1.54, 1.807) is 48.1 Å². The van der Waals surface area contributed by atoms with E-state index in [0.29, 0.717) is 27.3 Å². The Morgan fingerprint density at radius 2 is 1.88 bits per heavy atom. The van der Waals surface area contributed by atoms with Gasteiger partial charge in [0, 0.05) is 29.4 Å². The van der Waals surface area contributed by atoms with Gasteiger partial charge in [-0.3, -0.25) is 9.48 Å². The van der Waals surface area contributed by atoms with Crippen molar-refractivity contribution in [3.05, 3.63) is 70.8 Å². The van der Waals surface area contributed by atoms with Crippen LogP contribution in [-0.4, -0.2) is 30.3 Å². The molecule has 1 unspecified atom stereocenters. The number of benzene rings is 1. The summed E-state index contributed by atoms with van der Waals surface area (Å²) in [7, 11) is 0. The number of carbonyl (C=O) groups excluding carboxylic acids is 1. The summed E-state index contributed by atoms with van der Waals surface area (Å²) < 4.78 is 43.5. The zero-order chi connectivity index (χ0) is 23.0. The van der Waals surface area contributed by atoms with Crippen LogP contribution >= 0.6 is 11.6 Å². The van der Waals surface area contributed by atoms with Crippen LogP contribution in [0.2, 0.25) is 5.02 Å². The van der Waals surface area contributed by atoms with Gasteiger partial charge in [0.2, 0.25) is 0 Å². The molecule has 0 radical (unpaired) electrons. The van der Waals surface area contributed by atoms with Crippen LogP contribution in [0.4, 0.5) is 13.2 Å². The molecule has 166 valence electrons. The fourth-order valence-electron chi connectivity index (χ4n) is 3.18. The van der Waals surface area contributed by atoms with E-state index in [0.717, 1.165) is 6.07 Å². The molecule has 1 N–H and O–H groups in total. The molecule has 11 heteroatoms. The van der Waals surface area contributed by atoms with Crippen molar-refractivity contribution < 1.29 is 18.0 Å². The summed E-state index contributed by atoms with van der Waals surface area (Å²) in [6.07, 6.45) is -2.93. The third kappa shape index (κ3) is 4.31. The number of aromatic nitrogens is 5. The van der Waals surface area contributed by atoms with Gasteiger partial charge in [-0.2, -0.15) is 23.4 Å². The first-order chi connectivity index (χ1) is 15.2. The quantitative estimate of drug-likeness (QED) is 0.463. The molecule has 1 atom stereocenters. The van der Waals surface area contributed by atoms with Crippen molar-refractivity contribution in [1.29, 1.82) is 0 Å². The lowest BCUT2D eigenvalue weighted by Gasteiger charge is -2.11. The normalized spacial score (nSPS) is 12.8. The van der Waals surface area contributed by atoms with E-state index < -0.39 is 23.8 Å². The second-order valence-electron chi connectivity index (χ2n) is 7.12. The number of aryl methyl sites for hydroxylation is 1. The fourth-order valence-corrected chi connectivity index (χ4v) is 3.31. The largest absolute Gasteiger partial charge is 0.433 e. The predicted octanol–water partition coefficient (Wildman–Crippen LogP) is 4.78. The first-order valence-corrected chi connectivity index (χ1v) is 10.1. The van der Waals surface area contributed by atoms with Crippen molar-refractivity contribution in [2.45, 2.75) is 32.6 Å². The smallest absolute Gasteiger partial charge is 0.342 e. The Hall–Kier alpha value is -3.40.